The maximum Gasteiger partial charge on any atom is 0.282 e. The van der Waals surface area contributed by atoms with Gasteiger partial charge in [-0.3, -0.25) is 0 Å². The summed E-state index contributed by atoms with van der Waals surface area (Å²) < 4.78 is 38.8. The monoisotopic (exact) mass is 325 g/mol. The Balaban J connectivity index is 1.79. The zero-order chi connectivity index (χ0) is 15.7. The molecule has 22 heavy (non-hydrogen) atoms. The van der Waals surface area contributed by atoms with Crippen molar-refractivity contribution in [3.05, 3.63) is 41.7 Å². The first-order valence-electron chi connectivity index (χ1n) is 7.17. The van der Waals surface area contributed by atoms with Gasteiger partial charge in [-0.1, -0.05) is 5.16 Å². The first-order valence-corrected chi connectivity index (χ1v) is 8.57. The van der Waals surface area contributed by atoms with E-state index in [2.05, 4.69) is 5.16 Å². The fourth-order valence-electron chi connectivity index (χ4n) is 2.76. The fraction of sp³-hybridized carbons (Fsp3) is 0.500. The third kappa shape index (κ3) is 2.81. The standard InChI is InChI=1S/C14H19N3O4S/c1-11-9-12(15-21-11)10-16(2)22(18,19)17-7-3-5-13(17)14-6-4-8-20-14/h4,6,8-9,13H,3,5,7,10H2,1-2H3/t13-/m1/s1. The van der Waals surface area contributed by atoms with Gasteiger partial charge >= 0.3 is 0 Å². The molecule has 1 saturated heterocycles. The summed E-state index contributed by atoms with van der Waals surface area (Å²) >= 11 is 0. The highest BCUT2D eigenvalue weighted by atomic mass is 32.2. The van der Waals surface area contributed by atoms with Gasteiger partial charge in [0.25, 0.3) is 10.2 Å². The molecule has 1 atom stereocenters. The Morgan fingerprint density at radius 3 is 2.95 bits per heavy atom. The Bertz CT molecular complexity index is 723. The van der Waals surface area contributed by atoms with E-state index in [0.717, 1.165) is 12.8 Å². The first-order chi connectivity index (χ1) is 10.5. The summed E-state index contributed by atoms with van der Waals surface area (Å²) in [5.74, 6) is 1.35. The molecule has 3 rings (SSSR count). The lowest BCUT2D eigenvalue weighted by Crippen LogP contribution is -2.41. The van der Waals surface area contributed by atoms with Crippen LogP contribution in [0.4, 0.5) is 0 Å². The predicted octanol–water partition coefficient (Wildman–Crippen LogP) is 2.09. The summed E-state index contributed by atoms with van der Waals surface area (Å²) in [4.78, 5) is 0. The Hall–Kier alpha value is -1.64. The van der Waals surface area contributed by atoms with Crippen molar-refractivity contribution in [1.29, 1.82) is 0 Å². The average Bonchev–Trinajstić information content (AvgIpc) is 3.18. The fourth-order valence-corrected chi connectivity index (χ4v) is 4.31. The molecule has 120 valence electrons. The summed E-state index contributed by atoms with van der Waals surface area (Å²) in [6.07, 6.45) is 3.16. The number of hydrogen-bond donors (Lipinski definition) is 0. The number of nitrogens with zero attached hydrogens (tertiary/aromatic N) is 3. The van der Waals surface area contributed by atoms with Crippen LogP contribution in [0.25, 0.3) is 0 Å². The second kappa shape index (κ2) is 5.86. The van der Waals surface area contributed by atoms with Crippen molar-refractivity contribution in [3.8, 4) is 0 Å². The van der Waals surface area contributed by atoms with Crippen LogP contribution >= 0.6 is 0 Å². The third-order valence-corrected chi connectivity index (χ3v) is 5.77. The number of rotatable bonds is 5. The SMILES string of the molecule is Cc1cc(CN(C)S(=O)(=O)N2CCC[C@@H]2c2ccco2)no1. The van der Waals surface area contributed by atoms with Crippen molar-refractivity contribution in [2.45, 2.75) is 32.4 Å². The van der Waals surface area contributed by atoms with Crippen LogP contribution in [0.3, 0.4) is 0 Å². The summed E-state index contributed by atoms with van der Waals surface area (Å²) in [7, 11) is -2.03. The molecule has 1 aliphatic rings. The molecule has 0 aliphatic carbocycles. The zero-order valence-corrected chi connectivity index (χ0v) is 13.4. The molecule has 2 aromatic heterocycles. The summed E-state index contributed by atoms with van der Waals surface area (Å²) in [6, 6.07) is 5.10. The minimum absolute atomic E-state index is 0.182. The highest BCUT2D eigenvalue weighted by Gasteiger charge is 2.39. The Morgan fingerprint density at radius 1 is 1.50 bits per heavy atom. The minimum Gasteiger partial charge on any atom is -0.468 e. The lowest BCUT2D eigenvalue weighted by atomic mass is 10.2. The van der Waals surface area contributed by atoms with E-state index in [0.29, 0.717) is 23.8 Å². The topological polar surface area (TPSA) is 79.8 Å². The molecular formula is C14H19N3O4S. The van der Waals surface area contributed by atoms with Gasteiger partial charge in [0.2, 0.25) is 0 Å². The van der Waals surface area contributed by atoms with Crippen molar-refractivity contribution in [1.82, 2.24) is 13.8 Å². The molecule has 0 amide bonds. The Labute approximate surface area is 129 Å². The summed E-state index contributed by atoms with van der Waals surface area (Å²) in [6.45, 7) is 2.45. The molecule has 0 saturated carbocycles. The predicted molar refractivity (Wildman–Crippen MR) is 79.0 cm³/mol. The molecule has 8 heteroatoms. The number of aromatic nitrogens is 1. The minimum atomic E-state index is -3.58. The largest absolute Gasteiger partial charge is 0.468 e. The number of hydrogen-bond acceptors (Lipinski definition) is 5. The van der Waals surface area contributed by atoms with Crippen molar-refractivity contribution >= 4 is 10.2 Å². The van der Waals surface area contributed by atoms with E-state index in [9.17, 15) is 8.42 Å². The number of furan rings is 1. The summed E-state index contributed by atoms with van der Waals surface area (Å²) in [5, 5.41) is 3.85. The van der Waals surface area contributed by atoms with Crippen LogP contribution in [-0.2, 0) is 16.8 Å². The maximum absolute atomic E-state index is 12.8. The van der Waals surface area contributed by atoms with E-state index in [4.69, 9.17) is 8.94 Å². The van der Waals surface area contributed by atoms with Gasteiger partial charge in [0.05, 0.1) is 24.5 Å². The van der Waals surface area contributed by atoms with Gasteiger partial charge in [-0.2, -0.15) is 17.0 Å². The van der Waals surface area contributed by atoms with Crippen molar-refractivity contribution in [2.75, 3.05) is 13.6 Å². The molecule has 0 N–H and O–H groups in total. The van der Waals surface area contributed by atoms with E-state index in [1.165, 1.54) is 8.61 Å². The van der Waals surface area contributed by atoms with Crippen LogP contribution in [0.1, 0.15) is 36.1 Å². The van der Waals surface area contributed by atoms with Gasteiger partial charge < -0.3 is 8.94 Å². The van der Waals surface area contributed by atoms with Gasteiger partial charge in [0.1, 0.15) is 11.5 Å². The van der Waals surface area contributed by atoms with Gasteiger partial charge in [0.15, 0.2) is 0 Å². The van der Waals surface area contributed by atoms with Crippen LogP contribution < -0.4 is 0 Å². The van der Waals surface area contributed by atoms with Crippen molar-refractivity contribution in [2.24, 2.45) is 0 Å². The molecule has 3 heterocycles. The normalized spacial score (nSPS) is 20.0. The molecule has 2 aromatic rings. The molecule has 0 aromatic carbocycles. The average molecular weight is 325 g/mol. The van der Waals surface area contributed by atoms with E-state index < -0.39 is 10.2 Å². The first kappa shape index (κ1) is 15.3. The second-order valence-corrected chi connectivity index (χ2v) is 7.46. The van der Waals surface area contributed by atoms with Crippen molar-refractivity contribution < 1.29 is 17.4 Å². The lowest BCUT2D eigenvalue weighted by molar-refractivity contribution is 0.308. The van der Waals surface area contributed by atoms with Gasteiger partial charge in [-0.25, -0.2) is 0 Å². The van der Waals surface area contributed by atoms with Crippen LogP contribution in [0.5, 0.6) is 0 Å². The Morgan fingerprint density at radius 2 is 2.32 bits per heavy atom. The smallest absolute Gasteiger partial charge is 0.282 e. The van der Waals surface area contributed by atoms with E-state index in [1.807, 2.05) is 6.07 Å². The molecule has 0 bridgehead atoms. The number of aryl methyl sites for hydroxylation is 1. The van der Waals surface area contributed by atoms with Crippen LogP contribution in [0.2, 0.25) is 0 Å². The molecular weight excluding hydrogens is 306 g/mol. The van der Waals surface area contributed by atoms with Crippen LogP contribution in [0.15, 0.2) is 33.4 Å². The van der Waals surface area contributed by atoms with Gasteiger partial charge in [-0.05, 0) is 31.9 Å². The quantitative estimate of drug-likeness (QED) is 0.841. The molecule has 1 fully saturated rings. The van der Waals surface area contributed by atoms with E-state index >= 15 is 0 Å². The third-order valence-electron chi connectivity index (χ3n) is 3.83. The maximum atomic E-state index is 12.8. The van der Waals surface area contributed by atoms with Crippen LogP contribution in [-0.4, -0.2) is 35.8 Å². The van der Waals surface area contributed by atoms with Crippen molar-refractivity contribution in [3.63, 3.8) is 0 Å². The zero-order valence-electron chi connectivity index (χ0n) is 12.6. The molecule has 1 aliphatic heterocycles. The van der Waals surface area contributed by atoms with E-state index in [1.54, 1.807) is 32.4 Å². The summed E-state index contributed by atoms with van der Waals surface area (Å²) in [5.41, 5.74) is 0.595. The van der Waals surface area contributed by atoms with Gasteiger partial charge in [0, 0.05) is 19.7 Å². The van der Waals surface area contributed by atoms with Crippen LogP contribution in [0, 0.1) is 6.92 Å². The molecule has 0 radical (unpaired) electrons. The second-order valence-electron chi connectivity index (χ2n) is 5.48. The highest BCUT2D eigenvalue weighted by molar-refractivity contribution is 7.86. The molecule has 0 spiro atoms. The molecule has 7 nitrogen and oxygen atoms in total. The van der Waals surface area contributed by atoms with Gasteiger partial charge in [-0.15, -0.1) is 0 Å². The Kier molecular flexibility index (Phi) is 4.07. The molecule has 0 unspecified atom stereocenters. The van der Waals surface area contributed by atoms with E-state index in [-0.39, 0.29) is 12.6 Å². The lowest BCUT2D eigenvalue weighted by Gasteiger charge is -2.27. The highest BCUT2D eigenvalue weighted by Crippen LogP contribution is 2.35.